The Bertz CT molecular complexity index is 677. The third-order valence-electron chi connectivity index (χ3n) is 3.99. The molecule has 0 bridgehead atoms. The molecule has 0 saturated carbocycles. The van der Waals surface area contributed by atoms with Gasteiger partial charge >= 0.3 is 0 Å². The fraction of sp³-hybridized carbons (Fsp3) is 0.467. The molecule has 3 unspecified atom stereocenters. The number of aryl methyl sites for hydroxylation is 1. The number of rotatable bonds is 3. The largest absolute Gasteiger partial charge is 0.392 e. The van der Waals surface area contributed by atoms with Crippen molar-refractivity contribution in [3.05, 3.63) is 30.1 Å². The number of halogens is 2. The number of carbonyl (C=O) groups is 1. The number of aliphatic hydroxyl groups excluding tert-OH is 1. The number of hydrogen-bond donors (Lipinski definition) is 3. The van der Waals surface area contributed by atoms with Crippen LogP contribution in [0.4, 0.5) is 0 Å². The molecule has 2 heterocycles. The summed E-state index contributed by atoms with van der Waals surface area (Å²) in [7, 11) is 1.95. The maximum Gasteiger partial charge on any atom is 0.237 e. The second-order valence-electron chi connectivity index (χ2n) is 5.60. The lowest BCUT2D eigenvalue weighted by atomic mass is 10.2. The average Bonchev–Trinajstić information content (AvgIpc) is 3.04. The van der Waals surface area contributed by atoms with Gasteiger partial charge in [0.25, 0.3) is 0 Å². The molecule has 8 heteroatoms. The lowest BCUT2D eigenvalue weighted by molar-refractivity contribution is -0.123. The van der Waals surface area contributed by atoms with Crippen LogP contribution >= 0.6 is 24.8 Å². The number of amides is 1. The second-order valence-corrected chi connectivity index (χ2v) is 5.60. The van der Waals surface area contributed by atoms with Gasteiger partial charge in [-0.3, -0.25) is 4.79 Å². The van der Waals surface area contributed by atoms with E-state index in [1.54, 1.807) is 0 Å². The van der Waals surface area contributed by atoms with E-state index < -0.39 is 6.10 Å². The van der Waals surface area contributed by atoms with Crippen LogP contribution in [-0.4, -0.2) is 39.3 Å². The molecule has 1 fully saturated rings. The topological polar surface area (TPSA) is 79.2 Å². The van der Waals surface area contributed by atoms with Gasteiger partial charge < -0.3 is 20.3 Å². The highest BCUT2D eigenvalue weighted by Gasteiger charge is 2.29. The number of nitrogens with one attached hydrogen (secondary N) is 2. The fourth-order valence-electron chi connectivity index (χ4n) is 2.85. The molecule has 23 heavy (non-hydrogen) atoms. The van der Waals surface area contributed by atoms with E-state index in [1.165, 1.54) is 0 Å². The Morgan fingerprint density at radius 1 is 1.43 bits per heavy atom. The van der Waals surface area contributed by atoms with Gasteiger partial charge in [0.05, 0.1) is 29.2 Å². The maximum atomic E-state index is 12.2. The molecule has 0 aliphatic carbocycles. The van der Waals surface area contributed by atoms with E-state index in [-0.39, 0.29) is 42.8 Å². The minimum absolute atomic E-state index is 0. The van der Waals surface area contributed by atoms with Crippen molar-refractivity contribution in [2.75, 3.05) is 6.54 Å². The fourth-order valence-corrected chi connectivity index (χ4v) is 2.85. The highest BCUT2D eigenvalue weighted by atomic mass is 35.5. The number of aromatic nitrogens is 2. The van der Waals surface area contributed by atoms with Gasteiger partial charge in [0.15, 0.2) is 0 Å². The van der Waals surface area contributed by atoms with Crippen molar-refractivity contribution in [1.29, 1.82) is 0 Å². The van der Waals surface area contributed by atoms with E-state index in [1.807, 2.05) is 42.8 Å². The molecule has 6 nitrogen and oxygen atoms in total. The van der Waals surface area contributed by atoms with Crippen molar-refractivity contribution in [2.45, 2.75) is 31.5 Å². The summed E-state index contributed by atoms with van der Waals surface area (Å²) in [5.41, 5.74) is 1.97. The first kappa shape index (κ1) is 19.7. The highest BCUT2D eigenvalue weighted by molar-refractivity contribution is 5.85. The van der Waals surface area contributed by atoms with E-state index in [9.17, 15) is 9.90 Å². The number of imidazole rings is 1. The van der Waals surface area contributed by atoms with Crippen LogP contribution in [-0.2, 0) is 11.8 Å². The van der Waals surface area contributed by atoms with Gasteiger partial charge in [0.1, 0.15) is 5.82 Å². The normalized spacial score (nSPS) is 21.3. The molecule has 1 aliphatic rings. The summed E-state index contributed by atoms with van der Waals surface area (Å²) in [5, 5.41) is 15.5. The standard InChI is InChI=1S/C15H20N4O2.2ClH/c1-9(17-15(21)12-7-10(20)8-16-12)14-18-11-5-3-4-6-13(11)19(14)2;;/h3-6,9-10,12,16,20H,7-8H2,1-2H3,(H,17,21);2*1H. The lowest BCUT2D eigenvalue weighted by Gasteiger charge is -2.17. The molecule has 3 atom stereocenters. The van der Waals surface area contributed by atoms with Crippen molar-refractivity contribution < 1.29 is 9.90 Å². The Morgan fingerprint density at radius 2 is 2.13 bits per heavy atom. The van der Waals surface area contributed by atoms with Crippen LogP contribution in [0.5, 0.6) is 0 Å². The predicted octanol–water partition coefficient (Wildman–Crippen LogP) is 1.32. The zero-order valence-electron chi connectivity index (χ0n) is 13.0. The number of β-amino-alcohol motifs (C(OH)–C–C–N with tert-alkyl or cyclic N) is 1. The Morgan fingerprint density at radius 3 is 2.74 bits per heavy atom. The third kappa shape index (κ3) is 3.95. The van der Waals surface area contributed by atoms with E-state index in [0.717, 1.165) is 16.9 Å². The quantitative estimate of drug-likeness (QED) is 0.771. The average molecular weight is 361 g/mol. The lowest BCUT2D eigenvalue weighted by Crippen LogP contribution is -2.41. The Labute approximate surface area is 147 Å². The van der Waals surface area contributed by atoms with Crippen molar-refractivity contribution in [3.63, 3.8) is 0 Å². The van der Waals surface area contributed by atoms with Gasteiger partial charge in [-0.25, -0.2) is 4.98 Å². The number of benzene rings is 1. The number of carbonyl (C=O) groups excluding carboxylic acids is 1. The smallest absolute Gasteiger partial charge is 0.237 e. The van der Waals surface area contributed by atoms with Crippen molar-refractivity contribution in [2.24, 2.45) is 7.05 Å². The first-order valence-corrected chi connectivity index (χ1v) is 7.19. The molecule has 0 radical (unpaired) electrons. The van der Waals surface area contributed by atoms with Crippen LogP contribution in [0.3, 0.4) is 0 Å². The number of para-hydroxylation sites is 2. The van der Waals surface area contributed by atoms with Gasteiger partial charge in [0.2, 0.25) is 5.91 Å². The van der Waals surface area contributed by atoms with Crippen LogP contribution in [0.1, 0.15) is 25.2 Å². The molecule has 3 rings (SSSR count). The Balaban J connectivity index is 0.00000132. The summed E-state index contributed by atoms with van der Waals surface area (Å²) in [6, 6.07) is 7.39. The Hall–Kier alpha value is -1.34. The summed E-state index contributed by atoms with van der Waals surface area (Å²) < 4.78 is 2.00. The van der Waals surface area contributed by atoms with Crippen LogP contribution in [0.2, 0.25) is 0 Å². The molecule has 1 aliphatic heterocycles. The van der Waals surface area contributed by atoms with Crippen LogP contribution in [0.15, 0.2) is 24.3 Å². The first-order valence-electron chi connectivity index (χ1n) is 7.19. The second kappa shape index (κ2) is 7.97. The predicted molar refractivity (Wildman–Crippen MR) is 94.2 cm³/mol. The molecule has 1 amide bonds. The van der Waals surface area contributed by atoms with Gasteiger partial charge in [-0.2, -0.15) is 0 Å². The third-order valence-corrected chi connectivity index (χ3v) is 3.99. The van der Waals surface area contributed by atoms with E-state index in [2.05, 4.69) is 15.6 Å². The molecule has 1 aromatic carbocycles. The maximum absolute atomic E-state index is 12.2. The molecular weight excluding hydrogens is 339 g/mol. The monoisotopic (exact) mass is 360 g/mol. The number of nitrogens with zero attached hydrogens (tertiary/aromatic N) is 2. The molecular formula is C15H22Cl2N4O2. The van der Waals surface area contributed by atoms with Crippen molar-refractivity contribution in [3.8, 4) is 0 Å². The zero-order valence-corrected chi connectivity index (χ0v) is 14.7. The molecule has 3 N–H and O–H groups in total. The number of aliphatic hydroxyl groups is 1. The highest BCUT2D eigenvalue weighted by Crippen LogP contribution is 2.19. The summed E-state index contributed by atoms with van der Waals surface area (Å²) >= 11 is 0. The summed E-state index contributed by atoms with van der Waals surface area (Å²) in [6.07, 6.45) is 0.0213. The first-order chi connectivity index (χ1) is 10.1. The van der Waals surface area contributed by atoms with Gasteiger partial charge in [-0.15, -0.1) is 24.8 Å². The molecule has 1 saturated heterocycles. The summed E-state index contributed by atoms with van der Waals surface area (Å²) in [4.78, 5) is 16.8. The van der Waals surface area contributed by atoms with Crippen molar-refractivity contribution in [1.82, 2.24) is 20.2 Å². The molecule has 128 valence electrons. The minimum Gasteiger partial charge on any atom is -0.392 e. The Kier molecular flexibility index (Phi) is 6.83. The molecule has 2 aromatic rings. The van der Waals surface area contributed by atoms with Crippen LogP contribution < -0.4 is 10.6 Å². The van der Waals surface area contributed by atoms with Gasteiger partial charge in [0, 0.05) is 13.6 Å². The SMILES string of the molecule is CC(NC(=O)C1CC(O)CN1)c1nc2ccccc2n1C.Cl.Cl. The summed E-state index contributed by atoms with van der Waals surface area (Å²) in [6.45, 7) is 2.39. The van der Waals surface area contributed by atoms with Gasteiger partial charge in [-0.05, 0) is 25.5 Å². The minimum atomic E-state index is -0.438. The van der Waals surface area contributed by atoms with E-state index in [0.29, 0.717) is 13.0 Å². The molecule has 1 aromatic heterocycles. The van der Waals surface area contributed by atoms with E-state index in [4.69, 9.17) is 0 Å². The molecule has 0 spiro atoms. The van der Waals surface area contributed by atoms with Gasteiger partial charge in [-0.1, -0.05) is 12.1 Å². The van der Waals surface area contributed by atoms with Crippen LogP contribution in [0, 0.1) is 0 Å². The van der Waals surface area contributed by atoms with Crippen LogP contribution in [0.25, 0.3) is 11.0 Å². The van der Waals surface area contributed by atoms with Crippen molar-refractivity contribution >= 4 is 41.8 Å². The van der Waals surface area contributed by atoms with E-state index >= 15 is 0 Å². The number of fused-ring (bicyclic) bond motifs is 1. The zero-order chi connectivity index (χ0) is 15.0. The summed E-state index contributed by atoms with van der Waals surface area (Å²) in [5.74, 6) is 0.731. The number of hydrogen-bond acceptors (Lipinski definition) is 4.